The number of nitrogens with zero attached hydrogens (tertiary/aromatic N) is 2. The molecule has 1 aliphatic carbocycles. The van der Waals surface area contributed by atoms with Crippen molar-refractivity contribution < 1.29 is 27.0 Å². The van der Waals surface area contributed by atoms with E-state index in [1.54, 1.807) is 24.3 Å². The molecule has 0 radical (unpaired) electrons. The number of para-hydroxylation sites is 1. The summed E-state index contributed by atoms with van der Waals surface area (Å²) in [5, 5.41) is 4.98. The van der Waals surface area contributed by atoms with E-state index in [1.807, 2.05) is 41.1 Å². The van der Waals surface area contributed by atoms with Gasteiger partial charge in [0.2, 0.25) is 0 Å². The molecule has 4 aromatic rings. The largest absolute Gasteiger partial charge is 0.435 e. The van der Waals surface area contributed by atoms with Gasteiger partial charge < -0.3 is 9.47 Å². The molecule has 0 spiro atoms. The molecule has 1 heterocycles. The monoisotopic (exact) mass is 494 g/mol. The summed E-state index contributed by atoms with van der Waals surface area (Å²) in [5.41, 5.74) is 6.42. The van der Waals surface area contributed by atoms with Gasteiger partial charge in [0.25, 0.3) is 0 Å². The van der Waals surface area contributed by atoms with E-state index in [9.17, 15) is 17.6 Å². The minimum atomic E-state index is -2.89. The van der Waals surface area contributed by atoms with Crippen LogP contribution >= 0.6 is 0 Å². The van der Waals surface area contributed by atoms with Gasteiger partial charge in [0.05, 0.1) is 17.1 Å². The topological polar surface area (TPSA) is 36.3 Å². The molecule has 5 rings (SSSR count). The molecule has 8 heteroatoms. The van der Waals surface area contributed by atoms with E-state index in [2.05, 4.69) is 9.47 Å². The number of halogens is 4. The Morgan fingerprint density at radius 3 is 1.97 bits per heavy atom. The van der Waals surface area contributed by atoms with Crippen LogP contribution in [0.15, 0.2) is 78.9 Å². The van der Waals surface area contributed by atoms with Crippen LogP contribution in [0.5, 0.6) is 11.5 Å². The third-order valence-electron chi connectivity index (χ3n) is 5.96. The van der Waals surface area contributed by atoms with Crippen molar-refractivity contribution >= 4 is 11.6 Å². The maximum absolute atomic E-state index is 12.6. The van der Waals surface area contributed by atoms with Crippen LogP contribution in [0.25, 0.3) is 28.6 Å². The van der Waals surface area contributed by atoms with Gasteiger partial charge in [0.15, 0.2) is 0 Å². The van der Waals surface area contributed by atoms with Crippen LogP contribution in [-0.2, 0) is 6.42 Å². The lowest BCUT2D eigenvalue weighted by Gasteiger charge is -2.16. The summed E-state index contributed by atoms with van der Waals surface area (Å²) < 4.78 is 61.0. The fraction of sp³-hybridized carbons (Fsp3) is 0.179. The van der Waals surface area contributed by atoms with Crippen molar-refractivity contribution in [1.29, 1.82) is 0 Å². The van der Waals surface area contributed by atoms with Crippen molar-refractivity contribution in [3.63, 3.8) is 0 Å². The zero-order valence-corrected chi connectivity index (χ0v) is 19.1. The van der Waals surface area contributed by atoms with Crippen LogP contribution in [0, 0.1) is 0 Å². The number of fused-ring (bicyclic) bond motifs is 1. The molecule has 0 saturated carbocycles. The number of aromatic nitrogens is 2. The number of hydrogen-bond acceptors (Lipinski definition) is 3. The molecule has 4 nitrogen and oxygen atoms in total. The predicted molar refractivity (Wildman–Crippen MR) is 130 cm³/mol. The molecule has 0 amide bonds. The minimum absolute atomic E-state index is 0.0910. The zero-order valence-electron chi connectivity index (χ0n) is 19.1. The quantitative estimate of drug-likeness (QED) is 0.248. The van der Waals surface area contributed by atoms with Gasteiger partial charge in [-0.2, -0.15) is 22.7 Å². The Balaban J connectivity index is 1.57. The molecule has 36 heavy (non-hydrogen) atoms. The Bertz CT molecular complexity index is 1350. The van der Waals surface area contributed by atoms with E-state index < -0.39 is 13.2 Å². The highest BCUT2D eigenvalue weighted by molar-refractivity contribution is 5.85. The number of rotatable bonds is 7. The van der Waals surface area contributed by atoms with Gasteiger partial charge in [-0.15, -0.1) is 0 Å². The third kappa shape index (κ3) is 5.12. The summed E-state index contributed by atoms with van der Waals surface area (Å²) in [6.45, 7) is -5.76. The molecule has 3 aromatic carbocycles. The highest BCUT2D eigenvalue weighted by Gasteiger charge is 2.25. The van der Waals surface area contributed by atoms with Gasteiger partial charge in [-0.05, 0) is 85.0 Å². The van der Waals surface area contributed by atoms with Gasteiger partial charge in [0.1, 0.15) is 11.5 Å². The third-order valence-corrected chi connectivity index (χ3v) is 5.96. The Morgan fingerprint density at radius 1 is 0.750 bits per heavy atom. The summed E-state index contributed by atoms with van der Waals surface area (Å²) >= 11 is 0. The number of allylic oxidation sites excluding steroid dienone is 1. The van der Waals surface area contributed by atoms with Gasteiger partial charge >= 0.3 is 13.2 Å². The number of alkyl halides is 4. The fourth-order valence-corrected chi connectivity index (χ4v) is 4.45. The van der Waals surface area contributed by atoms with Crippen LogP contribution in [0.2, 0.25) is 0 Å². The first-order valence-electron chi connectivity index (χ1n) is 11.5. The zero-order chi connectivity index (χ0) is 25.1. The Labute approximate surface area is 205 Å². The van der Waals surface area contributed by atoms with E-state index in [4.69, 9.17) is 5.10 Å². The van der Waals surface area contributed by atoms with Crippen LogP contribution in [0.4, 0.5) is 17.6 Å². The van der Waals surface area contributed by atoms with Crippen LogP contribution in [0.3, 0.4) is 0 Å². The highest BCUT2D eigenvalue weighted by atomic mass is 19.3. The summed E-state index contributed by atoms with van der Waals surface area (Å²) in [5.74, 6) is 0.194. The standard InChI is InChI=1S/C28H22F4N2O2/c29-27(30)35-22-13-9-18(10-14-22)17-20-5-4-8-24-25(20)33-34(21-6-2-1-3-7-21)26(24)19-11-15-23(16-12-19)36-28(31)32/h1-3,6-7,9-17,27-28H,4-5,8H2/b20-17+. The molecule has 0 bridgehead atoms. The minimum Gasteiger partial charge on any atom is -0.435 e. The summed E-state index contributed by atoms with van der Waals surface area (Å²) in [6, 6.07) is 22.8. The maximum atomic E-state index is 12.6. The van der Waals surface area contributed by atoms with Crippen molar-refractivity contribution in [3.8, 4) is 28.4 Å². The average Bonchev–Trinajstić information content (AvgIpc) is 3.26. The summed E-state index contributed by atoms with van der Waals surface area (Å²) in [7, 11) is 0. The number of hydrogen-bond donors (Lipinski definition) is 0. The normalized spacial score (nSPS) is 14.3. The second kappa shape index (κ2) is 10.3. The molecule has 0 unspecified atom stereocenters. The summed E-state index contributed by atoms with van der Waals surface area (Å²) in [4.78, 5) is 0. The van der Waals surface area contributed by atoms with Gasteiger partial charge in [-0.25, -0.2) is 4.68 Å². The molecule has 0 aliphatic heterocycles. The molecule has 0 fully saturated rings. The predicted octanol–water partition coefficient (Wildman–Crippen LogP) is 7.62. The maximum Gasteiger partial charge on any atom is 0.387 e. The lowest BCUT2D eigenvalue weighted by molar-refractivity contribution is -0.0505. The van der Waals surface area contributed by atoms with Crippen molar-refractivity contribution in [2.75, 3.05) is 0 Å². The van der Waals surface area contributed by atoms with Crippen molar-refractivity contribution in [3.05, 3.63) is 95.7 Å². The second-order valence-corrected chi connectivity index (χ2v) is 8.30. The SMILES string of the molecule is FC(F)Oc1ccc(/C=C2\CCCc3c2nn(-c2ccccc2)c3-c2ccc(OC(F)F)cc2)cc1. The molecule has 0 N–H and O–H groups in total. The molecule has 184 valence electrons. The van der Waals surface area contributed by atoms with E-state index in [-0.39, 0.29) is 11.5 Å². The van der Waals surface area contributed by atoms with Crippen LogP contribution < -0.4 is 9.47 Å². The van der Waals surface area contributed by atoms with E-state index in [0.717, 1.165) is 58.6 Å². The lowest BCUT2D eigenvalue weighted by Crippen LogP contribution is -2.03. The van der Waals surface area contributed by atoms with Gasteiger partial charge in [-0.1, -0.05) is 30.3 Å². The average molecular weight is 494 g/mol. The smallest absolute Gasteiger partial charge is 0.387 e. The molecular weight excluding hydrogens is 472 g/mol. The molecule has 1 aliphatic rings. The first kappa shape index (κ1) is 23.7. The number of ether oxygens (including phenoxy) is 2. The first-order valence-corrected chi connectivity index (χ1v) is 11.5. The van der Waals surface area contributed by atoms with Crippen molar-refractivity contribution in [1.82, 2.24) is 9.78 Å². The van der Waals surface area contributed by atoms with Gasteiger partial charge in [-0.3, -0.25) is 0 Å². The summed E-state index contributed by atoms with van der Waals surface area (Å²) in [6.07, 6.45) is 4.54. The Morgan fingerprint density at radius 2 is 1.36 bits per heavy atom. The Kier molecular flexibility index (Phi) is 6.75. The molecule has 0 saturated heterocycles. The molecular formula is C28H22F4N2O2. The van der Waals surface area contributed by atoms with Gasteiger partial charge in [0, 0.05) is 11.1 Å². The van der Waals surface area contributed by atoms with Crippen molar-refractivity contribution in [2.45, 2.75) is 32.5 Å². The van der Waals surface area contributed by atoms with E-state index in [1.165, 1.54) is 24.3 Å². The van der Waals surface area contributed by atoms with Crippen LogP contribution in [0.1, 0.15) is 29.7 Å². The van der Waals surface area contributed by atoms with E-state index >= 15 is 0 Å². The van der Waals surface area contributed by atoms with Crippen LogP contribution in [-0.4, -0.2) is 23.0 Å². The molecule has 0 atom stereocenters. The highest BCUT2D eigenvalue weighted by Crippen LogP contribution is 2.39. The van der Waals surface area contributed by atoms with E-state index in [0.29, 0.717) is 0 Å². The second-order valence-electron chi connectivity index (χ2n) is 8.30. The van der Waals surface area contributed by atoms with Crippen molar-refractivity contribution in [2.24, 2.45) is 0 Å². The Hall–Kier alpha value is -4.07. The fourth-order valence-electron chi connectivity index (χ4n) is 4.45. The number of benzene rings is 3. The molecule has 1 aromatic heterocycles. The lowest BCUT2D eigenvalue weighted by atomic mass is 9.89. The first-order chi connectivity index (χ1) is 17.5.